The molecule has 1 rings (SSSR count). The first-order valence-electron chi connectivity index (χ1n) is 4.79. The van der Waals surface area contributed by atoms with Crippen LogP contribution in [-0.4, -0.2) is 40.1 Å². The lowest BCUT2D eigenvalue weighted by atomic mass is 10.3. The molecule has 1 aromatic heterocycles. The number of carbonyl (C=O) groups is 2. The van der Waals surface area contributed by atoms with Crippen LogP contribution in [0.2, 0.25) is 0 Å². The Morgan fingerprint density at radius 1 is 1.56 bits per heavy atom. The van der Waals surface area contributed by atoms with Crippen LogP contribution in [0.25, 0.3) is 0 Å². The molecule has 1 atom stereocenters. The number of carbonyl (C=O) groups excluding carboxylic acids is 2. The van der Waals surface area contributed by atoms with Crippen molar-refractivity contribution in [2.24, 2.45) is 5.73 Å². The number of nitrogens with two attached hydrogens (primary N) is 1. The van der Waals surface area contributed by atoms with Crippen LogP contribution in [0.4, 0.5) is 0 Å². The average molecular weight is 226 g/mol. The molecular formula is C8H14N6O2. The Labute approximate surface area is 92.0 Å². The SMILES string of the molecule is CC(NC(=O)C(=O)NCCN)c1ncn[nH]1. The molecule has 0 radical (unpaired) electrons. The van der Waals surface area contributed by atoms with Gasteiger partial charge in [0.15, 0.2) is 0 Å². The van der Waals surface area contributed by atoms with Gasteiger partial charge in [-0.25, -0.2) is 4.98 Å². The topological polar surface area (TPSA) is 126 Å². The summed E-state index contributed by atoms with van der Waals surface area (Å²) in [6, 6.07) is -0.404. The first-order chi connectivity index (χ1) is 7.65. The molecule has 88 valence electrons. The first-order valence-corrected chi connectivity index (χ1v) is 4.79. The van der Waals surface area contributed by atoms with Crippen molar-refractivity contribution in [3.8, 4) is 0 Å². The van der Waals surface area contributed by atoms with Gasteiger partial charge in [-0.2, -0.15) is 5.10 Å². The maximum absolute atomic E-state index is 11.3. The minimum absolute atomic E-state index is 0.267. The molecule has 16 heavy (non-hydrogen) atoms. The lowest BCUT2D eigenvalue weighted by Gasteiger charge is -2.10. The smallest absolute Gasteiger partial charge is 0.309 e. The number of hydrogen-bond donors (Lipinski definition) is 4. The largest absolute Gasteiger partial charge is 0.347 e. The molecule has 0 aliphatic carbocycles. The van der Waals surface area contributed by atoms with Crippen LogP contribution in [0.1, 0.15) is 18.8 Å². The lowest BCUT2D eigenvalue weighted by Crippen LogP contribution is -2.42. The third-order valence-electron chi connectivity index (χ3n) is 1.83. The molecular weight excluding hydrogens is 212 g/mol. The van der Waals surface area contributed by atoms with Crippen molar-refractivity contribution in [1.82, 2.24) is 25.8 Å². The van der Waals surface area contributed by atoms with Crippen molar-refractivity contribution >= 4 is 11.8 Å². The highest BCUT2D eigenvalue weighted by atomic mass is 16.2. The van der Waals surface area contributed by atoms with Gasteiger partial charge in [0.25, 0.3) is 0 Å². The highest BCUT2D eigenvalue weighted by Gasteiger charge is 2.17. The second-order valence-corrected chi connectivity index (χ2v) is 3.11. The van der Waals surface area contributed by atoms with E-state index in [-0.39, 0.29) is 13.1 Å². The molecule has 0 aromatic carbocycles. The Morgan fingerprint density at radius 2 is 2.31 bits per heavy atom. The molecule has 0 aliphatic heterocycles. The van der Waals surface area contributed by atoms with Crippen LogP contribution in [0, 0.1) is 0 Å². The summed E-state index contributed by atoms with van der Waals surface area (Å²) in [5.74, 6) is -0.950. The second kappa shape index (κ2) is 5.81. The Hall–Kier alpha value is -1.96. The summed E-state index contributed by atoms with van der Waals surface area (Å²) in [5, 5.41) is 11.1. The standard InChI is InChI=1S/C8H14N6O2/c1-5(6-11-4-12-14-6)13-8(16)7(15)10-3-2-9/h4-5H,2-3,9H2,1H3,(H,10,15)(H,13,16)(H,11,12,14). The van der Waals surface area contributed by atoms with Crippen LogP contribution in [-0.2, 0) is 9.59 Å². The second-order valence-electron chi connectivity index (χ2n) is 3.11. The maximum atomic E-state index is 11.3. The van der Waals surface area contributed by atoms with E-state index in [2.05, 4.69) is 25.8 Å². The van der Waals surface area contributed by atoms with Gasteiger partial charge in [-0.3, -0.25) is 14.7 Å². The van der Waals surface area contributed by atoms with E-state index in [1.807, 2.05) is 0 Å². The molecule has 0 spiro atoms. The van der Waals surface area contributed by atoms with Gasteiger partial charge in [0.1, 0.15) is 12.2 Å². The van der Waals surface area contributed by atoms with Gasteiger partial charge in [-0.1, -0.05) is 0 Å². The van der Waals surface area contributed by atoms with Crippen LogP contribution >= 0.6 is 0 Å². The summed E-state index contributed by atoms with van der Waals surface area (Å²) in [5.41, 5.74) is 5.19. The molecule has 1 heterocycles. The molecule has 1 unspecified atom stereocenters. The van der Waals surface area contributed by atoms with Crippen molar-refractivity contribution in [2.45, 2.75) is 13.0 Å². The summed E-state index contributed by atoms with van der Waals surface area (Å²) < 4.78 is 0. The molecule has 0 bridgehead atoms. The predicted octanol–water partition coefficient (Wildman–Crippen LogP) is -1.94. The Kier molecular flexibility index (Phi) is 4.40. The van der Waals surface area contributed by atoms with Gasteiger partial charge in [0.2, 0.25) is 0 Å². The van der Waals surface area contributed by atoms with Crippen molar-refractivity contribution in [3.63, 3.8) is 0 Å². The van der Waals surface area contributed by atoms with Gasteiger partial charge in [-0.15, -0.1) is 0 Å². The Bertz CT molecular complexity index is 349. The van der Waals surface area contributed by atoms with Crippen LogP contribution in [0.15, 0.2) is 6.33 Å². The van der Waals surface area contributed by atoms with Crippen molar-refractivity contribution in [2.75, 3.05) is 13.1 Å². The fourth-order valence-corrected chi connectivity index (χ4v) is 1.02. The minimum Gasteiger partial charge on any atom is -0.347 e. The van der Waals surface area contributed by atoms with Crippen molar-refractivity contribution in [3.05, 3.63) is 12.2 Å². The Balaban J connectivity index is 2.42. The molecule has 8 heteroatoms. The van der Waals surface area contributed by atoms with E-state index >= 15 is 0 Å². The van der Waals surface area contributed by atoms with E-state index in [1.165, 1.54) is 6.33 Å². The van der Waals surface area contributed by atoms with Gasteiger partial charge >= 0.3 is 11.8 Å². The maximum Gasteiger partial charge on any atom is 0.309 e. The summed E-state index contributed by atoms with van der Waals surface area (Å²) in [6.45, 7) is 2.24. The molecule has 0 saturated carbocycles. The zero-order chi connectivity index (χ0) is 12.0. The molecule has 5 N–H and O–H groups in total. The molecule has 2 amide bonds. The normalized spacial score (nSPS) is 11.9. The number of H-pyrrole nitrogens is 1. The van der Waals surface area contributed by atoms with E-state index in [0.717, 1.165) is 0 Å². The first kappa shape index (κ1) is 12.1. The zero-order valence-corrected chi connectivity index (χ0v) is 8.86. The average Bonchev–Trinajstić information content (AvgIpc) is 2.79. The number of aromatic nitrogens is 3. The summed E-state index contributed by atoms with van der Waals surface area (Å²) in [6.07, 6.45) is 1.33. The minimum atomic E-state index is -0.725. The van der Waals surface area contributed by atoms with Crippen molar-refractivity contribution < 1.29 is 9.59 Å². The van der Waals surface area contributed by atoms with Crippen LogP contribution in [0.3, 0.4) is 0 Å². The fraction of sp³-hybridized carbons (Fsp3) is 0.500. The molecule has 0 aliphatic rings. The monoisotopic (exact) mass is 226 g/mol. The number of hydrogen-bond acceptors (Lipinski definition) is 5. The number of amides is 2. The molecule has 0 saturated heterocycles. The molecule has 1 aromatic rings. The van der Waals surface area contributed by atoms with Crippen LogP contribution in [0.5, 0.6) is 0 Å². The highest BCUT2D eigenvalue weighted by Crippen LogP contribution is 2.02. The third kappa shape index (κ3) is 3.31. The number of nitrogens with one attached hydrogen (secondary N) is 3. The highest BCUT2D eigenvalue weighted by molar-refractivity contribution is 6.35. The predicted molar refractivity (Wildman–Crippen MR) is 55.0 cm³/mol. The van der Waals surface area contributed by atoms with E-state index in [4.69, 9.17) is 5.73 Å². The summed E-state index contributed by atoms with van der Waals surface area (Å²) in [4.78, 5) is 26.4. The zero-order valence-electron chi connectivity index (χ0n) is 8.86. The van der Waals surface area contributed by atoms with Gasteiger partial charge < -0.3 is 16.4 Å². The van der Waals surface area contributed by atoms with Gasteiger partial charge in [0, 0.05) is 13.1 Å². The fourth-order valence-electron chi connectivity index (χ4n) is 1.02. The lowest BCUT2D eigenvalue weighted by molar-refractivity contribution is -0.139. The van der Waals surface area contributed by atoms with E-state index in [1.54, 1.807) is 6.92 Å². The van der Waals surface area contributed by atoms with E-state index in [9.17, 15) is 9.59 Å². The van der Waals surface area contributed by atoms with E-state index in [0.29, 0.717) is 5.82 Å². The quantitative estimate of drug-likeness (QED) is 0.444. The number of aromatic amines is 1. The number of rotatable bonds is 4. The Morgan fingerprint density at radius 3 is 2.88 bits per heavy atom. The van der Waals surface area contributed by atoms with E-state index < -0.39 is 17.9 Å². The molecule has 0 fully saturated rings. The molecule has 8 nitrogen and oxygen atoms in total. The third-order valence-corrected chi connectivity index (χ3v) is 1.83. The van der Waals surface area contributed by atoms with Crippen LogP contribution < -0.4 is 16.4 Å². The summed E-state index contributed by atoms with van der Waals surface area (Å²) in [7, 11) is 0. The number of nitrogens with zero attached hydrogens (tertiary/aromatic N) is 2. The summed E-state index contributed by atoms with van der Waals surface area (Å²) >= 11 is 0. The van der Waals surface area contributed by atoms with Gasteiger partial charge in [-0.05, 0) is 6.92 Å². The van der Waals surface area contributed by atoms with Gasteiger partial charge in [0.05, 0.1) is 6.04 Å². The van der Waals surface area contributed by atoms with Crippen molar-refractivity contribution in [1.29, 1.82) is 0 Å².